The Morgan fingerprint density at radius 1 is 1.17 bits per heavy atom. The molecule has 1 spiro atoms. The van der Waals surface area contributed by atoms with Crippen LogP contribution in [0.25, 0.3) is 0 Å². The summed E-state index contributed by atoms with van der Waals surface area (Å²) in [4.78, 5) is 25.8. The molecule has 0 N–H and O–H groups in total. The summed E-state index contributed by atoms with van der Waals surface area (Å²) in [5, 5.41) is 0. The molecular weight excluding hydrogens is 290 g/mol. The number of benzene rings is 1. The zero-order valence-electron chi connectivity index (χ0n) is 14.8. The van der Waals surface area contributed by atoms with E-state index < -0.39 is 5.60 Å². The first-order valence-electron chi connectivity index (χ1n) is 8.41. The van der Waals surface area contributed by atoms with Crippen LogP contribution in [-0.4, -0.2) is 35.5 Å². The van der Waals surface area contributed by atoms with Crippen LogP contribution in [0.4, 0.5) is 4.79 Å². The van der Waals surface area contributed by atoms with Crippen LogP contribution in [0.15, 0.2) is 24.3 Å². The van der Waals surface area contributed by atoms with E-state index in [0.29, 0.717) is 19.5 Å². The standard InChI is InChI=1S/C17H21NO3.C2H6/c1-16(2,3)21-15(20)18-10-17(11-18)9-8-14(19)12-6-4-5-7-13(12)17;1-2/h4-7H,8-11H2,1-3H3;1-2H3. The van der Waals surface area contributed by atoms with Gasteiger partial charge in [0.05, 0.1) is 0 Å². The summed E-state index contributed by atoms with van der Waals surface area (Å²) in [6, 6.07) is 7.79. The molecular formula is C19H27NO3. The number of carbonyl (C=O) groups excluding carboxylic acids is 2. The normalized spacial score (nSPS) is 18.5. The van der Waals surface area contributed by atoms with Crippen molar-refractivity contribution >= 4 is 11.9 Å². The average Bonchev–Trinajstić information content (AvgIpc) is 2.46. The van der Waals surface area contributed by atoms with Gasteiger partial charge < -0.3 is 9.64 Å². The van der Waals surface area contributed by atoms with Gasteiger partial charge >= 0.3 is 6.09 Å². The number of ether oxygens (including phenoxy) is 1. The summed E-state index contributed by atoms with van der Waals surface area (Å²) in [7, 11) is 0. The van der Waals surface area contributed by atoms with Crippen LogP contribution in [0.3, 0.4) is 0 Å². The molecule has 4 nitrogen and oxygen atoms in total. The predicted molar refractivity (Wildman–Crippen MR) is 90.8 cm³/mol. The molecule has 0 radical (unpaired) electrons. The zero-order chi connectivity index (χ0) is 17.3. The van der Waals surface area contributed by atoms with Crippen molar-refractivity contribution in [1.29, 1.82) is 0 Å². The molecule has 0 saturated carbocycles. The molecule has 4 heteroatoms. The van der Waals surface area contributed by atoms with E-state index in [0.717, 1.165) is 17.5 Å². The number of fused-ring (bicyclic) bond motifs is 2. The number of ketones is 1. The molecule has 1 fully saturated rings. The van der Waals surface area contributed by atoms with Crippen LogP contribution in [0.1, 0.15) is 63.4 Å². The van der Waals surface area contributed by atoms with Gasteiger partial charge in [0.25, 0.3) is 0 Å². The molecule has 23 heavy (non-hydrogen) atoms. The minimum Gasteiger partial charge on any atom is -0.444 e. The lowest BCUT2D eigenvalue weighted by Gasteiger charge is -2.52. The third-order valence-corrected chi connectivity index (χ3v) is 4.27. The summed E-state index contributed by atoms with van der Waals surface area (Å²) in [6.07, 6.45) is 1.13. The Morgan fingerprint density at radius 2 is 1.78 bits per heavy atom. The molecule has 1 saturated heterocycles. The molecule has 0 atom stereocenters. The molecule has 0 unspecified atom stereocenters. The average molecular weight is 317 g/mol. The Hall–Kier alpha value is -1.84. The van der Waals surface area contributed by atoms with Crippen LogP contribution in [0.2, 0.25) is 0 Å². The second-order valence-corrected chi connectivity index (χ2v) is 7.09. The fourth-order valence-electron chi connectivity index (χ4n) is 3.28. The first kappa shape index (κ1) is 17.5. The molecule has 3 rings (SSSR count). The molecule has 1 heterocycles. The first-order chi connectivity index (χ1) is 10.8. The third-order valence-electron chi connectivity index (χ3n) is 4.27. The Labute approximate surface area is 138 Å². The highest BCUT2D eigenvalue weighted by Crippen LogP contribution is 2.44. The van der Waals surface area contributed by atoms with E-state index in [1.54, 1.807) is 4.90 Å². The van der Waals surface area contributed by atoms with Crippen LogP contribution in [-0.2, 0) is 10.2 Å². The highest BCUT2D eigenvalue weighted by Gasteiger charge is 2.50. The molecule has 0 aromatic heterocycles. The largest absolute Gasteiger partial charge is 0.444 e. The molecule has 1 amide bonds. The van der Waals surface area contributed by atoms with E-state index in [-0.39, 0.29) is 17.3 Å². The van der Waals surface area contributed by atoms with Crippen molar-refractivity contribution in [3.05, 3.63) is 35.4 Å². The van der Waals surface area contributed by atoms with Crippen molar-refractivity contribution in [2.75, 3.05) is 13.1 Å². The second-order valence-electron chi connectivity index (χ2n) is 7.09. The maximum atomic E-state index is 12.1. The number of rotatable bonds is 0. The van der Waals surface area contributed by atoms with E-state index in [1.807, 2.05) is 58.9 Å². The monoisotopic (exact) mass is 317 g/mol. The van der Waals surface area contributed by atoms with E-state index >= 15 is 0 Å². The van der Waals surface area contributed by atoms with Crippen LogP contribution < -0.4 is 0 Å². The van der Waals surface area contributed by atoms with Crippen molar-refractivity contribution in [2.24, 2.45) is 0 Å². The van der Waals surface area contributed by atoms with Gasteiger partial charge in [-0.3, -0.25) is 4.79 Å². The smallest absolute Gasteiger partial charge is 0.410 e. The van der Waals surface area contributed by atoms with E-state index in [9.17, 15) is 9.59 Å². The number of nitrogens with zero attached hydrogens (tertiary/aromatic N) is 1. The quantitative estimate of drug-likeness (QED) is 0.721. The Bertz CT molecular complexity index is 595. The van der Waals surface area contributed by atoms with Crippen LogP contribution in [0, 0.1) is 0 Å². The lowest BCUT2D eigenvalue weighted by Crippen LogP contribution is -2.63. The first-order valence-corrected chi connectivity index (χ1v) is 8.41. The molecule has 126 valence electrons. The fraction of sp³-hybridized carbons (Fsp3) is 0.579. The highest BCUT2D eigenvalue weighted by molar-refractivity contribution is 5.99. The van der Waals surface area contributed by atoms with Gasteiger partial charge in [0, 0.05) is 30.5 Å². The Kier molecular flexibility index (Phi) is 4.83. The van der Waals surface area contributed by atoms with Gasteiger partial charge in [-0.05, 0) is 32.8 Å². The fourth-order valence-corrected chi connectivity index (χ4v) is 3.28. The number of hydrogen-bond acceptors (Lipinski definition) is 3. The van der Waals surface area contributed by atoms with Gasteiger partial charge in [-0.2, -0.15) is 0 Å². The summed E-state index contributed by atoms with van der Waals surface area (Å²) >= 11 is 0. The predicted octanol–water partition coefficient (Wildman–Crippen LogP) is 4.18. The van der Waals surface area contributed by atoms with Crippen molar-refractivity contribution in [3.63, 3.8) is 0 Å². The Balaban J connectivity index is 0.000000924. The summed E-state index contributed by atoms with van der Waals surface area (Å²) in [5.41, 5.74) is 1.40. The second kappa shape index (κ2) is 6.34. The molecule has 0 bridgehead atoms. The summed E-state index contributed by atoms with van der Waals surface area (Å²) in [6.45, 7) is 10.9. The minimum absolute atomic E-state index is 0.0542. The van der Waals surface area contributed by atoms with Gasteiger partial charge in [0.1, 0.15) is 5.60 Å². The van der Waals surface area contributed by atoms with Crippen molar-refractivity contribution in [1.82, 2.24) is 4.90 Å². The molecule has 1 aliphatic carbocycles. The molecule has 1 aromatic carbocycles. The van der Waals surface area contributed by atoms with Gasteiger partial charge in [-0.25, -0.2) is 4.79 Å². The van der Waals surface area contributed by atoms with E-state index in [2.05, 4.69) is 0 Å². The maximum absolute atomic E-state index is 12.1. The van der Waals surface area contributed by atoms with Crippen LogP contribution >= 0.6 is 0 Å². The number of hydrogen-bond donors (Lipinski definition) is 0. The molecule has 1 aliphatic heterocycles. The number of amides is 1. The highest BCUT2D eigenvalue weighted by atomic mass is 16.6. The lowest BCUT2D eigenvalue weighted by molar-refractivity contribution is -0.0128. The van der Waals surface area contributed by atoms with Gasteiger partial charge in [-0.15, -0.1) is 0 Å². The number of carbonyl (C=O) groups is 2. The molecule has 1 aromatic rings. The summed E-state index contributed by atoms with van der Waals surface area (Å²) < 4.78 is 5.40. The van der Waals surface area contributed by atoms with Gasteiger partial charge in [0.2, 0.25) is 0 Å². The van der Waals surface area contributed by atoms with Crippen LogP contribution in [0.5, 0.6) is 0 Å². The van der Waals surface area contributed by atoms with E-state index in [1.165, 1.54) is 0 Å². The van der Waals surface area contributed by atoms with Crippen molar-refractivity contribution in [3.8, 4) is 0 Å². The summed E-state index contributed by atoms with van der Waals surface area (Å²) in [5.74, 6) is 0.215. The van der Waals surface area contributed by atoms with Gasteiger partial charge in [0.15, 0.2) is 5.78 Å². The third kappa shape index (κ3) is 3.41. The maximum Gasteiger partial charge on any atom is 0.410 e. The van der Waals surface area contributed by atoms with E-state index in [4.69, 9.17) is 4.74 Å². The lowest BCUT2D eigenvalue weighted by atomic mass is 9.65. The topological polar surface area (TPSA) is 46.6 Å². The Morgan fingerprint density at radius 3 is 2.39 bits per heavy atom. The minimum atomic E-state index is -0.472. The van der Waals surface area contributed by atoms with Crippen molar-refractivity contribution < 1.29 is 14.3 Å². The number of Topliss-reactive ketones (excluding diaryl/α,β-unsaturated/α-hetero) is 1. The number of likely N-dealkylation sites (tertiary alicyclic amines) is 1. The van der Waals surface area contributed by atoms with Crippen molar-refractivity contribution in [2.45, 2.75) is 58.5 Å². The zero-order valence-corrected chi connectivity index (χ0v) is 14.8. The SMILES string of the molecule is CC.CC(C)(C)OC(=O)N1CC2(CCC(=O)c3ccccc32)C1. The van der Waals surface area contributed by atoms with Gasteiger partial charge in [-0.1, -0.05) is 38.1 Å². The molecule has 2 aliphatic rings.